The van der Waals surface area contributed by atoms with Gasteiger partial charge in [0.2, 0.25) is 0 Å². The summed E-state index contributed by atoms with van der Waals surface area (Å²) < 4.78 is 2.16. The van der Waals surface area contributed by atoms with Crippen molar-refractivity contribution in [3.8, 4) is 0 Å². The fourth-order valence-corrected chi connectivity index (χ4v) is 3.96. The predicted molar refractivity (Wildman–Crippen MR) is 103 cm³/mol. The van der Waals surface area contributed by atoms with Gasteiger partial charge in [-0.25, -0.2) is 9.55 Å². The van der Waals surface area contributed by atoms with Gasteiger partial charge in [-0.15, -0.1) is 0 Å². The number of aromatic amines is 1. The van der Waals surface area contributed by atoms with Gasteiger partial charge < -0.3 is 0 Å². The summed E-state index contributed by atoms with van der Waals surface area (Å²) in [5.74, 6) is 1.24. The molecule has 0 amide bonds. The van der Waals surface area contributed by atoms with E-state index in [-0.39, 0.29) is 0 Å². The average Bonchev–Trinajstić information content (AvgIpc) is 2.96. The van der Waals surface area contributed by atoms with Crippen molar-refractivity contribution in [1.29, 1.82) is 0 Å². The largest absolute Gasteiger partial charge is 0.315 e. The Morgan fingerprint density at radius 2 is 1.26 bits per heavy atom. The first-order valence-corrected chi connectivity index (χ1v) is 11.0. The molecule has 0 aliphatic heterocycles. The third kappa shape index (κ3) is 11.7. The average molecular weight is 340 g/mol. The zero-order valence-corrected chi connectivity index (χ0v) is 16.4. The first-order valence-electron chi connectivity index (χ1n) is 10.0. The van der Waals surface area contributed by atoms with E-state index in [4.69, 9.17) is 0 Å². The Morgan fingerprint density at radius 3 is 1.70 bits per heavy atom. The summed E-state index contributed by atoms with van der Waals surface area (Å²) in [4.78, 5) is 3.28. The Kier molecular flexibility index (Phi) is 13.5. The van der Waals surface area contributed by atoms with Crippen LogP contribution in [0.3, 0.4) is 0 Å². The van der Waals surface area contributed by atoms with Crippen LogP contribution in [0.4, 0.5) is 0 Å². The third-order valence-corrected chi connectivity index (χ3v) is 5.73. The fraction of sp³-hybridized carbons (Fsp3) is 0.850. The van der Waals surface area contributed by atoms with Gasteiger partial charge in [-0.1, -0.05) is 90.4 Å². The lowest BCUT2D eigenvalue weighted by atomic mass is 10.0. The molecule has 0 spiro atoms. The highest BCUT2D eigenvalue weighted by Crippen LogP contribution is 2.15. The maximum absolute atomic E-state index is 3.28. The molecule has 0 unspecified atom stereocenters. The van der Waals surface area contributed by atoms with E-state index in [0.717, 1.165) is 0 Å². The second-order valence-electron chi connectivity index (χ2n) is 6.82. The quantitative estimate of drug-likeness (QED) is 0.209. The van der Waals surface area contributed by atoms with Crippen LogP contribution in [0.5, 0.6) is 0 Å². The molecule has 1 heterocycles. The summed E-state index contributed by atoms with van der Waals surface area (Å²) in [5.41, 5.74) is 0. The number of hydrogen-bond donors (Lipinski definition) is 1. The van der Waals surface area contributed by atoms with E-state index in [1.807, 2.05) is 18.0 Å². The highest BCUT2D eigenvalue weighted by atomic mass is 32.2. The number of nitrogens with one attached hydrogen (secondary N) is 1. The van der Waals surface area contributed by atoms with Crippen molar-refractivity contribution in [2.24, 2.45) is 7.05 Å². The lowest BCUT2D eigenvalue weighted by Gasteiger charge is -2.03. The molecule has 0 saturated carbocycles. The number of thioether (sulfide) groups is 1. The number of H-pyrrole nitrogens is 1. The first kappa shape index (κ1) is 20.6. The molecule has 0 atom stereocenters. The van der Waals surface area contributed by atoms with Gasteiger partial charge in [0, 0.05) is 5.75 Å². The Bertz CT molecular complexity index is 362. The zero-order chi connectivity index (χ0) is 16.6. The van der Waals surface area contributed by atoms with E-state index in [0.29, 0.717) is 0 Å². The highest BCUT2D eigenvalue weighted by Gasteiger charge is 2.05. The molecule has 0 aliphatic rings. The summed E-state index contributed by atoms with van der Waals surface area (Å²) in [6.07, 6.45) is 24.2. The van der Waals surface area contributed by atoms with Crippen molar-refractivity contribution in [2.45, 2.75) is 102 Å². The Hall–Kier alpha value is -0.440. The number of aryl methyl sites for hydroxylation is 1. The Balaban J connectivity index is 1.72. The normalized spacial score (nSPS) is 11.2. The maximum Gasteiger partial charge on any atom is 0.315 e. The lowest BCUT2D eigenvalue weighted by Crippen LogP contribution is -2.27. The van der Waals surface area contributed by atoms with Crippen LogP contribution in [-0.2, 0) is 7.05 Å². The van der Waals surface area contributed by atoms with Gasteiger partial charge in [-0.2, -0.15) is 0 Å². The Labute approximate surface area is 148 Å². The molecule has 0 bridgehead atoms. The van der Waals surface area contributed by atoms with Crippen LogP contribution in [-0.4, -0.2) is 10.7 Å². The van der Waals surface area contributed by atoms with Crippen molar-refractivity contribution >= 4 is 11.8 Å². The van der Waals surface area contributed by atoms with E-state index < -0.39 is 0 Å². The molecular formula is C20H39N2S+. The van der Waals surface area contributed by atoms with Gasteiger partial charge in [0.25, 0.3) is 0 Å². The van der Waals surface area contributed by atoms with Gasteiger partial charge in [-0.3, -0.25) is 0 Å². The van der Waals surface area contributed by atoms with Crippen molar-refractivity contribution in [1.82, 2.24) is 4.98 Å². The smallest absolute Gasteiger partial charge is 0.238 e. The van der Waals surface area contributed by atoms with Crippen molar-refractivity contribution in [3.63, 3.8) is 0 Å². The number of aromatic nitrogens is 2. The van der Waals surface area contributed by atoms with Crippen molar-refractivity contribution in [3.05, 3.63) is 12.4 Å². The van der Waals surface area contributed by atoms with Crippen LogP contribution < -0.4 is 4.57 Å². The molecule has 1 aromatic rings. The highest BCUT2D eigenvalue weighted by molar-refractivity contribution is 7.99. The zero-order valence-electron chi connectivity index (χ0n) is 15.6. The van der Waals surface area contributed by atoms with Gasteiger partial charge in [0.15, 0.2) is 0 Å². The van der Waals surface area contributed by atoms with E-state index in [1.54, 1.807) is 0 Å². The second-order valence-corrected chi connectivity index (χ2v) is 7.90. The van der Waals surface area contributed by atoms with Crippen LogP contribution in [0.15, 0.2) is 17.6 Å². The lowest BCUT2D eigenvalue weighted by molar-refractivity contribution is -0.708. The standard InChI is InChI=1S/C20H38N2S/c1-3-4-5-6-7-8-9-10-11-12-13-14-15-16-19-23-20-21-17-18-22(20)2/h17-18H,3-16,19H2,1-2H3/p+1. The molecule has 1 N–H and O–H groups in total. The third-order valence-electron chi connectivity index (χ3n) is 4.56. The predicted octanol–water partition coefficient (Wildman–Crippen LogP) is 6.41. The fourth-order valence-electron chi connectivity index (χ4n) is 3.00. The first-order chi connectivity index (χ1) is 11.3. The minimum absolute atomic E-state index is 1.24. The summed E-state index contributed by atoms with van der Waals surface area (Å²) in [7, 11) is 2.10. The van der Waals surface area contributed by atoms with Crippen LogP contribution in [0.25, 0.3) is 0 Å². The van der Waals surface area contributed by atoms with Gasteiger partial charge in [0.1, 0.15) is 12.4 Å². The number of imidazole rings is 1. The number of unbranched alkanes of at least 4 members (excludes halogenated alkanes) is 13. The van der Waals surface area contributed by atoms with Crippen LogP contribution in [0, 0.1) is 0 Å². The van der Waals surface area contributed by atoms with E-state index in [9.17, 15) is 0 Å². The molecule has 0 fully saturated rings. The SMILES string of the molecule is CCCCCCCCCCCCCCCCSc1[nH]cc[n+]1C. The van der Waals surface area contributed by atoms with Crippen LogP contribution in [0.1, 0.15) is 96.8 Å². The molecule has 0 aromatic carbocycles. The van der Waals surface area contributed by atoms with Crippen molar-refractivity contribution < 1.29 is 4.57 Å². The maximum atomic E-state index is 3.28. The summed E-state index contributed by atoms with van der Waals surface area (Å²) in [5, 5.41) is 1.28. The van der Waals surface area contributed by atoms with Gasteiger partial charge in [-0.05, 0) is 18.2 Å². The molecule has 23 heavy (non-hydrogen) atoms. The minimum atomic E-state index is 1.24. The number of hydrogen-bond acceptors (Lipinski definition) is 1. The molecule has 1 aromatic heterocycles. The molecular weight excluding hydrogens is 300 g/mol. The van der Waals surface area contributed by atoms with Gasteiger partial charge >= 0.3 is 5.16 Å². The molecule has 0 saturated heterocycles. The number of rotatable bonds is 16. The molecule has 134 valence electrons. The summed E-state index contributed by atoms with van der Waals surface area (Å²) >= 11 is 1.95. The molecule has 1 rings (SSSR count). The second kappa shape index (κ2) is 15.1. The van der Waals surface area contributed by atoms with E-state index >= 15 is 0 Å². The molecule has 2 nitrogen and oxygen atoms in total. The monoisotopic (exact) mass is 339 g/mol. The Morgan fingerprint density at radius 1 is 0.783 bits per heavy atom. The minimum Gasteiger partial charge on any atom is -0.238 e. The van der Waals surface area contributed by atoms with Crippen LogP contribution >= 0.6 is 11.8 Å². The molecule has 0 radical (unpaired) electrons. The van der Waals surface area contributed by atoms with Crippen molar-refractivity contribution in [2.75, 3.05) is 5.75 Å². The molecule has 3 heteroatoms. The topological polar surface area (TPSA) is 19.7 Å². The summed E-state index contributed by atoms with van der Waals surface area (Å²) in [6.45, 7) is 2.29. The van der Waals surface area contributed by atoms with Gasteiger partial charge in [0.05, 0.1) is 7.05 Å². The van der Waals surface area contributed by atoms with E-state index in [1.165, 1.54) is 101 Å². The summed E-state index contributed by atoms with van der Waals surface area (Å²) in [6, 6.07) is 0. The van der Waals surface area contributed by atoms with Crippen LogP contribution in [0.2, 0.25) is 0 Å². The van der Waals surface area contributed by atoms with E-state index in [2.05, 4.69) is 29.7 Å². The number of nitrogens with zero attached hydrogens (tertiary/aromatic N) is 1. The molecule has 0 aliphatic carbocycles.